The molecule has 1 aromatic heterocycles. The second-order valence-electron chi connectivity index (χ2n) is 4.88. The Labute approximate surface area is 112 Å². The Balaban J connectivity index is 2.26. The summed E-state index contributed by atoms with van der Waals surface area (Å²) in [6.07, 6.45) is 5.68. The minimum Gasteiger partial charge on any atom is -0.378 e. The van der Waals surface area contributed by atoms with Crippen molar-refractivity contribution in [1.29, 1.82) is 0 Å². The monoisotopic (exact) mass is 265 g/mol. The van der Waals surface area contributed by atoms with E-state index in [1.165, 1.54) is 12.7 Å². The Morgan fingerprint density at radius 1 is 1.47 bits per heavy atom. The number of hydrogen-bond acceptors (Lipinski definition) is 6. The predicted octanol–water partition coefficient (Wildman–Crippen LogP) is 1.98. The fourth-order valence-electron chi connectivity index (χ4n) is 2.57. The lowest BCUT2D eigenvalue weighted by atomic mass is 9.98. The molecule has 1 aromatic rings. The van der Waals surface area contributed by atoms with Crippen molar-refractivity contribution < 1.29 is 4.92 Å². The lowest BCUT2D eigenvalue weighted by Gasteiger charge is -2.21. The number of nitrogen functional groups attached to an aromatic ring is 1. The Morgan fingerprint density at radius 2 is 2.26 bits per heavy atom. The van der Waals surface area contributed by atoms with Crippen LogP contribution >= 0.6 is 0 Å². The molecular formula is C12H19N5O2. The summed E-state index contributed by atoms with van der Waals surface area (Å²) in [4.78, 5) is 20.4. The van der Waals surface area contributed by atoms with Crippen LogP contribution in [0.15, 0.2) is 6.33 Å². The van der Waals surface area contributed by atoms with E-state index < -0.39 is 4.92 Å². The minimum absolute atomic E-state index is 0.0636. The number of rotatable bonds is 3. The summed E-state index contributed by atoms with van der Waals surface area (Å²) < 4.78 is 0. The smallest absolute Gasteiger partial charge is 0.353 e. The van der Waals surface area contributed by atoms with E-state index >= 15 is 0 Å². The van der Waals surface area contributed by atoms with E-state index in [1.54, 1.807) is 0 Å². The first-order chi connectivity index (χ1) is 9.13. The van der Waals surface area contributed by atoms with Gasteiger partial charge < -0.3 is 10.6 Å². The van der Waals surface area contributed by atoms with Crippen molar-refractivity contribution in [2.24, 2.45) is 5.92 Å². The molecule has 2 rings (SSSR count). The molecule has 7 nitrogen and oxygen atoms in total. The molecule has 1 unspecified atom stereocenters. The van der Waals surface area contributed by atoms with Crippen molar-refractivity contribution >= 4 is 17.3 Å². The average Bonchev–Trinajstić information content (AvgIpc) is 2.63. The van der Waals surface area contributed by atoms with Crippen LogP contribution in [0.3, 0.4) is 0 Å². The Kier molecular flexibility index (Phi) is 4.13. The lowest BCUT2D eigenvalue weighted by Crippen LogP contribution is -2.26. The van der Waals surface area contributed by atoms with Gasteiger partial charge in [0.1, 0.15) is 6.33 Å². The van der Waals surface area contributed by atoms with Gasteiger partial charge in [0, 0.05) is 13.1 Å². The molecule has 7 heteroatoms. The van der Waals surface area contributed by atoms with Gasteiger partial charge in [-0.25, -0.2) is 9.97 Å². The van der Waals surface area contributed by atoms with Crippen molar-refractivity contribution in [1.82, 2.24) is 9.97 Å². The topological polar surface area (TPSA) is 98.2 Å². The van der Waals surface area contributed by atoms with Gasteiger partial charge in [-0.1, -0.05) is 13.3 Å². The molecule has 0 amide bonds. The number of nitrogens with two attached hydrogens (primary N) is 1. The van der Waals surface area contributed by atoms with Crippen LogP contribution in [0.1, 0.15) is 32.6 Å². The van der Waals surface area contributed by atoms with Crippen molar-refractivity contribution in [2.75, 3.05) is 23.7 Å². The van der Waals surface area contributed by atoms with Gasteiger partial charge in [0.2, 0.25) is 11.6 Å². The lowest BCUT2D eigenvalue weighted by molar-refractivity contribution is -0.383. The van der Waals surface area contributed by atoms with Crippen LogP contribution in [0.25, 0.3) is 0 Å². The van der Waals surface area contributed by atoms with Gasteiger partial charge in [0.25, 0.3) is 0 Å². The average molecular weight is 265 g/mol. The molecule has 2 N–H and O–H groups in total. The van der Waals surface area contributed by atoms with Gasteiger partial charge in [-0.2, -0.15) is 0 Å². The van der Waals surface area contributed by atoms with Gasteiger partial charge in [-0.05, 0) is 25.2 Å². The summed E-state index contributed by atoms with van der Waals surface area (Å²) in [6.45, 7) is 3.76. The number of nitrogens with zero attached hydrogens (tertiary/aromatic N) is 4. The molecule has 1 saturated heterocycles. The fraction of sp³-hybridized carbons (Fsp3) is 0.667. The third kappa shape index (κ3) is 2.91. The summed E-state index contributed by atoms with van der Waals surface area (Å²) in [5.41, 5.74) is 5.43. The first-order valence-corrected chi connectivity index (χ1v) is 6.63. The zero-order valence-corrected chi connectivity index (χ0v) is 11.1. The number of hydrogen-bond donors (Lipinski definition) is 1. The zero-order valence-electron chi connectivity index (χ0n) is 11.1. The highest BCUT2D eigenvalue weighted by atomic mass is 16.6. The summed E-state index contributed by atoms with van der Waals surface area (Å²) in [7, 11) is 0. The third-order valence-electron chi connectivity index (χ3n) is 3.74. The van der Waals surface area contributed by atoms with Crippen LogP contribution < -0.4 is 10.6 Å². The van der Waals surface area contributed by atoms with E-state index in [1.807, 2.05) is 4.90 Å². The maximum Gasteiger partial charge on any atom is 0.353 e. The van der Waals surface area contributed by atoms with Crippen LogP contribution in [-0.4, -0.2) is 28.0 Å². The van der Waals surface area contributed by atoms with E-state index in [4.69, 9.17) is 5.73 Å². The third-order valence-corrected chi connectivity index (χ3v) is 3.74. The Hall–Kier alpha value is -1.92. The molecule has 104 valence electrons. The van der Waals surface area contributed by atoms with Crippen molar-refractivity contribution in [3.05, 3.63) is 16.4 Å². The van der Waals surface area contributed by atoms with Crippen molar-refractivity contribution in [3.8, 4) is 0 Å². The highest BCUT2D eigenvalue weighted by Gasteiger charge is 2.27. The van der Waals surface area contributed by atoms with E-state index in [9.17, 15) is 10.1 Å². The second kappa shape index (κ2) is 5.81. The van der Waals surface area contributed by atoms with Gasteiger partial charge >= 0.3 is 5.69 Å². The number of aromatic nitrogens is 2. The Morgan fingerprint density at radius 3 is 2.95 bits per heavy atom. The van der Waals surface area contributed by atoms with Crippen LogP contribution in [-0.2, 0) is 0 Å². The SMILES string of the molecule is CCC1CCCN(c2ncnc(N)c2[N+](=O)[O-])CC1. The normalized spacial score (nSPS) is 20.1. The molecule has 0 bridgehead atoms. The maximum atomic E-state index is 11.1. The largest absolute Gasteiger partial charge is 0.378 e. The summed E-state index contributed by atoms with van der Waals surface area (Å²) in [6, 6.07) is 0. The molecule has 0 saturated carbocycles. The Bertz CT molecular complexity index is 465. The van der Waals surface area contributed by atoms with Crippen LogP contribution in [0.4, 0.5) is 17.3 Å². The molecule has 0 spiro atoms. The highest BCUT2D eigenvalue weighted by molar-refractivity contribution is 5.68. The molecule has 2 heterocycles. The molecule has 1 fully saturated rings. The molecule has 0 aliphatic carbocycles. The first-order valence-electron chi connectivity index (χ1n) is 6.63. The highest BCUT2D eigenvalue weighted by Crippen LogP contribution is 2.32. The van der Waals surface area contributed by atoms with Crippen LogP contribution in [0.2, 0.25) is 0 Å². The number of nitro groups is 1. The maximum absolute atomic E-state index is 11.1. The van der Waals surface area contributed by atoms with Crippen molar-refractivity contribution in [2.45, 2.75) is 32.6 Å². The summed E-state index contributed by atoms with van der Waals surface area (Å²) in [5.74, 6) is 0.990. The molecule has 1 aliphatic rings. The van der Waals surface area contributed by atoms with E-state index in [0.29, 0.717) is 11.7 Å². The van der Waals surface area contributed by atoms with Crippen LogP contribution in [0.5, 0.6) is 0 Å². The quantitative estimate of drug-likeness (QED) is 0.662. The fourth-order valence-corrected chi connectivity index (χ4v) is 2.57. The number of anilines is 2. The van der Waals surface area contributed by atoms with Crippen LogP contribution in [0, 0.1) is 16.0 Å². The minimum atomic E-state index is -0.493. The van der Waals surface area contributed by atoms with E-state index in [2.05, 4.69) is 16.9 Å². The van der Waals surface area contributed by atoms with E-state index in [-0.39, 0.29) is 11.5 Å². The summed E-state index contributed by atoms with van der Waals surface area (Å²) >= 11 is 0. The standard InChI is InChI=1S/C12H19N5O2/c1-2-9-4-3-6-16(7-5-9)12-10(17(18)19)11(13)14-8-15-12/h8-9H,2-7H2,1H3,(H2,13,14,15). The molecule has 0 radical (unpaired) electrons. The molecular weight excluding hydrogens is 246 g/mol. The molecule has 0 aromatic carbocycles. The molecule has 19 heavy (non-hydrogen) atoms. The zero-order chi connectivity index (χ0) is 13.8. The van der Waals surface area contributed by atoms with E-state index in [0.717, 1.165) is 32.4 Å². The van der Waals surface area contributed by atoms with Gasteiger partial charge in [0.15, 0.2) is 0 Å². The van der Waals surface area contributed by atoms with Gasteiger partial charge in [-0.15, -0.1) is 0 Å². The van der Waals surface area contributed by atoms with Crippen molar-refractivity contribution in [3.63, 3.8) is 0 Å². The predicted molar refractivity (Wildman–Crippen MR) is 72.9 cm³/mol. The molecule has 1 atom stereocenters. The molecule has 1 aliphatic heterocycles. The van der Waals surface area contributed by atoms with Gasteiger partial charge in [0.05, 0.1) is 4.92 Å². The summed E-state index contributed by atoms with van der Waals surface area (Å²) in [5, 5.41) is 11.1. The van der Waals surface area contributed by atoms with Gasteiger partial charge in [-0.3, -0.25) is 10.1 Å². The first kappa shape index (κ1) is 13.5. The second-order valence-corrected chi connectivity index (χ2v) is 4.88.